The van der Waals surface area contributed by atoms with Gasteiger partial charge in [-0.25, -0.2) is 0 Å². The summed E-state index contributed by atoms with van der Waals surface area (Å²) < 4.78 is 40.4. The number of ether oxygens (including phenoxy) is 1. The third kappa shape index (κ3) is 3.74. The zero-order valence-electron chi connectivity index (χ0n) is 9.50. The lowest BCUT2D eigenvalue weighted by Gasteiger charge is -2.08. The first-order valence-electron chi connectivity index (χ1n) is 5.11. The largest absolute Gasteiger partial charge is 0.573 e. The summed E-state index contributed by atoms with van der Waals surface area (Å²) in [5.41, 5.74) is 0.255. The van der Waals surface area contributed by atoms with E-state index >= 15 is 0 Å². The van der Waals surface area contributed by atoms with E-state index in [1.54, 1.807) is 0 Å². The molecule has 106 valence electrons. The number of ketones is 1. The third-order valence-electron chi connectivity index (χ3n) is 2.22. The Morgan fingerprint density at radius 2 is 1.85 bits per heavy atom. The Hall–Kier alpha value is -1.05. The van der Waals surface area contributed by atoms with Crippen molar-refractivity contribution in [3.63, 3.8) is 0 Å². The average molecular weight is 386 g/mol. The number of carbonyl (C=O) groups excluding carboxylic acids is 1. The predicted molar refractivity (Wildman–Crippen MR) is 73.6 cm³/mol. The van der Waals surface area contributed by atoms with Crippen molar-refractivity contribution in [1.82, 2.24) is 0 Å². The van der Waals surface area contributed by atoms with Crippen molar-refractivity contribution in [3.8, 4) is 5.75 Å². The summed E-state index contributed by atoms with van der Waals surface area (Å²) in [6.07, 6.45) is -4.75. The number of thiophene rings is 1. The Kier molecular flexibility index (Phi) is 4.41. The fraction of sp³-hybridized carbons (Fsp3) is 0.0833. The van der Waals surface area contributed by atoms with E-state index in [4.69, 9.17) is 11.6 Å². The van der Waals surface area contributed by atoms with E-state index in [0.29, 0.717) is 13.7 Å². The molecule has 0 amide bonds. The van der Waals surface area contributed by atoms with Crippen LogP contribution in [0.2, 0.25) is 5.02 Å². The molecule has 0 bridgehead atoms. The number of halogens is 5. The molecule has 2 rings (SSSR count). The van der Waals surface area contributed by atoms with E-state index < -0.39 is 6.36 Å². The van der Waals surface area contributed by atoms with Gasteiger partial charge in [-0.05, 0) is 46.3 Å². The smallest absolute Gasteiger partial charge is 0.406 e. The highest BCUT2D eigenvalue weighted by molar-refractivity contribution is 9.11. The lowest BCUT2D eigenvalue weighted by atomic mass is 10.1. The molecule has 1 heterocycles. The molecule has 8 heteroatoms. The van der Waals surface area contributed by atoms with Crippen molar-refractivity contribution in [2.75, 3.05) is 0 Å². The first kappa shape index (κ1) is 15.3. The van der Waals surface area contributed by atoms with Gasteiger partial charge < -0.3 is 4.74 Å². The molecule has 0 saturated carbocycles. The van der Waals surface area contributed by atoms with E-state index in [9.17, 15) is 18.0 Å². The molecule has 2 aromatic rings. The molecule has 0 aliphatic carbocycles. The van der Waals surface area contributed by atoms with E-state index in [2.05, 4.69) is 20.7 Å². The number of rotatable bonds is 3. The zero-order valence-corrected chi connectivity index (χ0v) is 12.7. The molecule has 20 heavy (non-hydrogen) atoms. The van der Waals surface area contributed by atoms with Crippen LogP contribution in [0.3, 0.4) is 0 Å². The highest BCUT2D eigenvalue weighted by Gasteiger charge is 2.31. The maximum Gasteiger partial charge on any atom is 0.573 e. The first-order chi connectivity index (χ1) is 9.26. The van der Waals surface area contributed by atoms with Crippen LogP contribution in [0.5, 0.6) is 5.75 Å². The molecule has 2 nitrogen and oxygen atoms in total. The second-order valence-corrected chi connectivity index (χ2v) is 6.41. The van der Waals surface area contributed by atoms with Gasteiger partial charge in [-0.3, -0.25) is 4.79 Å². The number of alkyl halides is 3. The van der Waals surface area contributed by atoms with E-state index in [1.165, 1.54) is 18.2 Å². The maximum atomic E-state index is 12.1. The molecule has 0 radical (unpaired) electrons. The van der Waals surface area contributed by atoms with Crippen LogP contribution in [0.25, 0.3) is 0 Å². The lowest BCUT2D eigenvalue weighted by Crippen LogP contribution is -2.17. The van der Waals surface area contributed by atoms with E-state index in [0.717, 1.165) is 23.5 Å². The van der Waals surface area contributed by atoms with Crippen molar-refractivity contribution < 1.29 is 22.7 Å². The topological polar surface area (TPSA) is 26.3 Å². The fourth-order valence-corrected chi connectivity index (χ4v) is 3.07. The highest BCUT2D eigenvalue weighted by Crippen LogP contribution is 2.33. The Morgan fingerprint density at radius 3 is 2.30 bits per heavy atom. The van der Waals surface area contributed by atoms with Gasteiger partial charge in [0.1, 0.15) is 5.75 Å². The van der Waals surface area contributed by atoms with Crippen LogP contribution in [-0.4, -0.2) is 12.1 Å². The van der Waals surface area contributed by atoms with Crippen LogP contribution >= 0.6 is 38.9 Å². The molecule has 0 saturated heterocycles. The Balaban J connectivity index is 2.19. The molecular weight excluding hydrogens is 381 g/mol. The predicted octanol–water partition coefficient (Wildman–Crippen LogP) is 5.29. The summed E-state index contributed by atoms with van der Waals surface area (Å²) in [7, 11) is 0. The molecule has 1 aromatic heterocycles. The molecule has 0 fully saturated rings. The maximum absolute atomic E-state index is 12.1. The lowest BCUT2D eigenvalue weighted by molar-refractivity contribution is -0.274. The van der Waals surface area contributed by atoms with Gasteiger partial charge in [-0.2, -0.15) is 0 Å². The summed E-state index contributed by atoms with van der Waals surface area (Å²) in [5.74, 6) is -0.694. The first-order valence-corrected chi connectivity index (χ1v) is 7.10. The van der Waals surface area contributed by atoms with E-state index in [-0.39, 0.29) is 17.1 Å². The minimum atomic E-state index is -4.75. The van der Waals surface area contributed by atoms with E-state index in [1.807, 2.05) is 0 Å². The van der Waals surface area contributed by atoms with Gasteiger partial charge in [0, 0.05) is 5.56 Å². The second kappa shape index (κ2) is 5.75. The van der Waals surface area contributed by atoms with Crippen LogP contribution in [0, 0.1) is 0 Å². The Bertz CT molecular complexity index is 618. The minimum absolute atomic E-state index is 0.255. The highest BCUT2D eigenvalue weighted by atomic mass is 79.9. The Labute approximate surface area is 129 Å². The summed E-state index contributed by atoms with van der Waals surface area (Å²) >= 11 is 10.2. The summed E-state index contributed by atoms with van der Waals surface area (Å²) in [4.78, 5) is 12.5. The molecule has 0 spiro atoms. The van der Waals surface area contributed by atoms with Crippen molar-refractivity contribution in [1.29, 1.82) is 0 Å². The normalized spacial score (nSPS) is 11.4. The van der Waals surface area contributed by atoms with Crippen LogP contribution in [-0.2, 0) is 0 Å². The molecule has 0 atom stereocenters. The molecule has 0 aliphatic heterocycles. The second-order valence-electron chi connectivity index (χ2n) is 3.63. The number of benzene rings is 1. The standard InChI is InChI=1S/C12H5BrClF3O2S/c13-11-8(14)5-9(20-11)10(18)6-1-3-7(4-2-6)19-12(15,16)17/h1-5H. The summed E-state index contributed by atoms with van der Waals surface area (Å²) in [5, 5.41) is 0.412. The van der Waals surface area contributed by atoms with Gasteiger partial charge in [0.05, 0.1) is 13.7 Å². The summed E-state index contributed by atoms with van der Waals surface area (Å²) in [6, 6.07) is 6.21. The van der Waals surface area contributed by atoms with Crippen LogP contribution in [0.15, 0.2) is 34.1 Å². The SMILES string of the molecule is O=C(c1ccc(OC(F)(F)F)cc1)c1cc(Cl)c(Br)s1. The van der Waals surface area contributed by atoms with Gasteiger partial charge in [0.2, 0.25) is 5.78 Å². The van der Waals surface area contributed by atoms with Gasteiger partial charge >= 0.3 is 6.36 Å². The molecule has 0 unspecified atom stereocenters. The molecule has 0 aliphatic rings. The van der Waals surface area contributed by atoms with Crippen molar-refractivity contribution in [2.45, 2.75) is 6.36 Å². The number of hydrogen-bond acceptors (Lipinski definition) is 3. The van der Waals surface area contributed by atoms with Crippen LogP contribution < -0.4 is 4.74 Å². The average Bonchev–Trinajstić information content (AvgIpc) is 2.68. The van der Waals surface area contributed by atoms with Crippen LogP contribution in [0.4, 0.5) is 13.2 Å². The van der Waals surface area contributed by atoms with Crippen molar-refractivity contribution in [2.24, 2.45) is 0 Å². The van der Waals surface area contributed by atoms with Gasteiger partial charge in [-0.1, -0.05) is 11.6 Å². The summed E-state index contributed by atoms with van der Waals surface area (Å²) in [6.45, 7) is 0. The molecule has 1 aromatic carbocycles. The van der Waals surface area contributed by atoms with Gasteiger partial charge in [0.25, 0.3) is 0 Å². The molecular formula is C12H5BrClF3O2S. The minimum Gasteiger partial charge on any atom is -0.406 e. The third-order valence-corrected chi connectivity index (χ3v) is 4.69. The van der Waals surface area contributed by atoms with Crippen molar-refractivity contribution in [3.05, 3.63) is 49.6 Å². The van der Waals surface area contributed by atoms with Gasteiger partial charge in [0.15, 0.2) is 0 Å². The van der Waals surface area contributed by atoms with Crippen molar-refractivity contribution >= 4 is 44.7 Å². The zero-order chi connectivity index (χ0) is 14.9. The number of carbonyl (C=O) groups is 1. The van der Waals surface area contributed by atoms with Gasteiger partial charge in [-0.15, -0.1) is 24.5 Å². The monoisotopic (exact) mass is 384 g/mol. The fourth-order valence-electron chi connectivity index (χ4n) is 1.41. The van der Waals surface area contributed by atoms with Crippen LogP contribution in [0.1, 0.15) is 15.2 Å². The quantitative estimate of drug-likeness (QED) is 0.671. The Morgan fingerprint density at radius 1 is 1.25 bits per heavy atom. The number of hydrogen-bond donors (Lipinski definition) is 0. The molecule has 0 N–H and O–H groups in total.